The van der Waals surface area contributed by atoms with Gasteiger partial charge < -0.3 is 15.0 Å². The first-order valence-corrected chi connectivity index (χ1v) is 7.36. The van der Waals surface area contributed by atoms with Crippen LogP contribution in [-0.4, -0.2) is 49.1 Å². The Morgan fingerprint density at radius 3 is 2.74 bits per heavy atom. The first kappa shape index (κ1) is 15.9. The smallest absolute Gasteiger partial charge is 0.357 e. The minimum Gasteiger partial charge on any atom is -0.461 e. The zero-order valence-electron chi connectivity index (χ0n) is 12.3. The molecule has 0 saturated carbocycles. The van der Waals surface area contributed by atoms with Crippen LogP contribution in [0.15, 0.2) is 5.38 Å². The Hall–Kier alpha value is -1.14. The molecule has 108 valence electrons. The van der Waals surface area contributed by atoms with Gasteiger partial charge in [0, 0.05) is 18.0 Å². The van der Waals surface area contributed by atoms with Crippen molar-refractivity contribution in [3.8, 4) is 0 Å². The second-order valence-corrected chi connectivity index (χ2v) is 5.87. The molecule has 1 atom stereocenters. The van der Waals surface area contributed by atoms with Gasteiger partial charge in [-0.25, -0.2) is 9.78 Å². The number of likely N-dealkylation sites (N-methyl/N-ethyl adjacent to an activating group) is 1. The summed E-state index contributed by atoms with van der Waals surface area (Å²) in [6.07, 6.45) is 0. The third kappa shape index (κ3) is 5.16. The summed E-state index contributed by atoms with van der Waals surface area (Å²) in [4.78, 5) is 18.0. The van der Waals surface area contributed by atoms with E-state index in [0.717, 1.165) is 11.7 Å². The molecule has 6 heteroatoms. The van der Waals surface area contributed by atoms with Crippen molar-refractivity contribution in [2.75, 3.05) is 32.6 Å². The summed E-state index contributed by atoms with van der Waals surface area (Å²) >= 11 is 1.43. The molecule has 0 spiro atoms. The number of thiazole rings is 1. The second kappa shape index (κ2) is 7.45. The van der Waals surface area contributed by atoms with Crippen LogP contribution in [0.4, 0.5) is 5.13 Å². The van der Waals surface area contributed by atoms with E-state index in [2.05, 4.69) is 29.0 Å². The van der Waals surface area contributed by atoms with E-state index >= 15 is 0 Å². The van der Waals surface area contributed by atoms with Crippen molar-refractivity contribution in [1.29, 1.82) is 0 Å². The van der Waals surface area contributed by atoms with Crippen LogP contribution in [0.3, 0.4) is 0 Å². The minimum absolute atomic E-state index is 0.302. The van der Waals surface area contributed by atoms with E-state index in [1.807, 2.05) is 14.1 Å². The summed E-state index contributed by atoms with van der Waals surface area (Å²) in [7, 11) is 4.09. The van der Waals surface area contributed by atoms with Crippen LogP contribution >= 0.6 is 11.3 Å². The highest BCUT2D eigenvalue weighted by atomic mass is 32.1. The molecule has 0 aliphatic carbocycles. The summed E-state index contributed by atoms with van der Waals surface area (Å²) in [5, 5.41) is 5.88. The average molecular weight is 285 g/mol. The number of esters is 1. The van der Waals surface area contributed by atoms with E-state index in [1.165, 1.54) is 11.3 Å². The Morgan fingerprint density at radius 1 is 1.53 bits per heavy atom. The van der Waals surface area contributed by atoms with Gasteiger partial charge in [0.2, 0.25) is 0 Å². The summed E-state index contributed by atoms with van der Waals surface area (Å²) in [6.45, 7) is 7.41. The molecule has 0 bridgehead atoms. The van der Waals surface area contributed by atoms with Crippen LogP contribution in [0.2, 0.25) is 0 Å². The summed E-state index contributed by atoms with van der Waals surface area (Å²) < 4.78 is 4.93. The Kier molecular flexibility index (Phi) is 6.24. The van der Waals surface area contributed by atoms with Gasteiger partial charge in [-0.15, -0.1) is 11.3 Å². The topological polar surface area (TPSA) is 54.5 Å². The standard InChI is InChI=1S/C13H23N3O2S/c1-6-18-12(17)11-8-19-13(15-11)14-10(9(2)3)7-16(4)5/h8-10H,6-7H2,1-5H3,(H,14,15). The van der Waals surface area contributed by atoms with Gasteiger partial charge >= 0.3 is 5.97 Å². The van der Waals surface area contributed by atoms with E-state index in [9.17, 15) is 4.79 Å². The fourth-order valence-corrected chi connectivity index (χ4v) is 2.36. The lowest BCUT2D eigenvalue weighted by atomic mass is 10.0. The minimum atomic E-state index is -0.361. The van der Waals surface area contributed by atoms with Crippen molar-refractivity contribution in [2.45, 2.75) is 26.8 Å². The lowest BCUT2D eigenvalue weighted by Crippen LogP contribution is -2.36. The van der Waals surface area contributed by atoms with E-state index in [1.54, 1.807) is 12.3 Å². The van der Waals surface area contributed by atoms with E-state index < -0.39 is 0 Å². The third-order valence-electron chi connectivity index (χ3n) is 2.66. The van der Waals surface area contributed by atoms with Crippen molar-refractivity contribution < 1.29 is 9.53 Å². The number of ether oxygens (including phenoxy) is 1. The molecule has 1 N–H and O–H groups in total. The quantitative estimate of drug-likeness (QED) is 0.779. The number of rotatable bonds is 7. The summed E-state index contributed by atoms with van der Waals surface area (Å²) in [5.41, 5.74) is 0.377. The second-order valence-electron chi connectivity index (χ2n) is 5.02. The lowest BCUT2D eigenvalue weighted by Gasteiger charge is -2.25. The molecule has 19 heavy (non-hydrogen) atoms. The number of hydrogen-bond acceptors (Lipinski definition) is 6. The van der Waals surface area contributed by atoms with Gasteiger partial charge in [-0.3, -0.25) is 0 Å². The normalized spacial score (nSPS) is 12.8. The number of anilines is 1. The first-order valence-electron chi connectivity index (χ1n) is 6.48. The molecule has 0 aliphatic heterocycles. The van der Waals surface area contributed by atoms with Gasteiger partial charge in [-0.1, -0.05) is 13.8 Å². The van der Waals surface area contributed by atoms with Gasteiger partial charge in [0.05, 0.1) is 6.61 Å². The fraction of sp³-hybridized carbons (Fsp3) is 0.692. The van der Waals surface area contributed by atoms with Gasteiger partial charge in [-0.05, 0) is 26.9 Å². The molecule has 1 aromatic heterocycles. The van der Waals surface area contributed by atoms with Crippen molar-refractivity contribution in [3.05, 3.63) is 11.1 Å². The summed E-state index contributed by atoms with van der Waals surface area (Å²) in [5.74, 6) is 0.123. The zero-order chi connectivity index (χ0) is 14.4. The molecule has 0 aliphatic rings. The number of nitrogens with one attached hydrogen (secondary N) is 1. The van der Waals surface area contributed by atoms with Crippen LogP contribution in [0.1, 0.15) is 31.3 Å². The van der Waals surface area contributed by atoms with Crippen LogP contribution in [-0.2, 0) is 4.74 Å². The van der Waals surface area contributed by atoms with E-state index in [0.29, 0.717) is 24.3 Å². The zero-order valence-corrected chi connectivity index (χ0v) is 13.1. The van der Waals surface area contributed by atoms with Crippen molar-refractivity contribution >= 4 is 22.4 Å². The van der Waals surface area contributed by atoms with Crippen molar-refractivity contribution in [3.63, 3.8) is 0 Å². The average Bonchev–Trinajstić information content (AvgIpc) is 2.76. The van der Waals surface area contributed by atoms with Crippen LogP contribution in [0.5, 0.6) is 0 Å². The third-order valence-corrected chi connectivity index (χ3v) is 3.44. The fourth-order valence-electron chi connectivity index (χ4n) is 1.61. The largest absolute Gasteiger partial charge is 0.461 e. The highest BCUT2D eigenvalue weighted by molar-refractivity contribution is 7.13. The number of hydrogen-bond donors (Lipinski definition) is 1. The lowest BCUT2D eigenvalue weighted by molar-refractivity contribution is 0.0520. The van der Waals surface area contributed by atoms with Gasteiger partial charge in [-0.2, -0.15) is 0 Å². The monoisotopic (exact) mass is 285 g/mol. The van der Waals surface area contributed by atoms with Crippen LogP contribution < -0.4 is 5.32 Å². The predicted octanol–water partition coefficient (Wildman–Crippen LogP) is 2.32. The highest BCUT2D eigenvalue weighted by Crippen LogP contribution is 2.19. The molecule has 0 radical (unpaired) electrons. The van der Waals surface area contributed by atoms with Gasteiger partial charge in [0.15, 0.2) is 10.8 Å². The maximum atomic E-state index is 11.5. The molecule has 1 rings (SSSR count). The van der Waals surface area contributed by atoms with Crippen molar-refractivity contribution in [1.82, 2.24) is 9.88 Å². The molecule has 0 amide bonds. The van der Waals surface area contributed by atoms with E-state index in [4.69, 9.17) is 4.74 Å². The van der Waals surface area contributed by atoms with Gasteiger partial charge in [0.1, 0.15) is 0 Å². The molecule has 0 aromatic carbocycles. The summed E-state index contributed by atoms with van der Waals surface area (Å²) in [6, 6.07) is 0.302. The van der Waals surface area contributed by atoms with Crippen molar-refractivity contribution in [2.24, 2.45) is 5.92 Å². The van der Waals surface area contributed by atoms with E-state index in [-0.39, 0.29) is 5.97 Å². The Labute approximate surface area is 119 Å². The first-order chi connectivity index (χ1) is 8.93. The highest BCUT2D eigenvalue weighted by Gasteiger charge is 2.17. The Morgan fingerprint density at radius 2 is 2.21 bits per heavy atom. The molecule has 0 saturated heterocycles. The number of carbonyl (C=O) groups excluding carboxylic acids is 1. The molecule has 0 fully saturated rings. The Balaban J connectivity index is 2.67. The molecule has 1 heterocycles. The number of aromatic nitrogens is 1. The molecule has 5 nitrogen and oxygen atoms in total. The maximum Gasteiger partial charge on any atom is 0.357 e. The Bertz CT molecular complexity index is 404. The van der Waals surface area contributed by atoms with Gasteiger partial charge in [0.25, 0.3) is 0 Å². The maximum absolute atomic E-state index is 11.5. The van der Waals surface area contributed by atoms with Crippen LogP contribution in [0.25, 0.3) is 0 Å². The molecular weight excluding hydrogens is 262 g/mol. The SMILES string of the molecule is CCOC(=O)c1csc(NC(CN(C)C)C(C)C)n1. The molecular formula is C13H23N3O2S. The molecule has 1 unspecified atom stereocenters. The number of nitrogens with zero attached hydrogens (tertiary/aromatic N) is 2. The number of carbonyl (C=O) groups is 1. The predicted molar refractivity (Wildman–Crippen MR) is 78.9 cm³/mol. The van der Waals surface area contributed by atoms with Crippen LogP contribution in [0, 0.1) is 5.92 Å². The molecule has 1 aromatic rings.